The number of methoxy groups -OCH3 is 1. The Kier molecular flexibility index (Phi) is 6.02. The van der Waals surface area contributed by atoms with E-state index in [2.05, 4.69) is 5.43 Å². The Morgan fingerprint density at radius 2 is 2.00 bits per heavy atom. The van der Waals surface area contributed by atoms with Gasteiger partial charge in [0.15, 0.2) is 4.32 Å². The molecule has 162 valence electrons. The summed E-state index contributed by atoms with van der Waals surface area (Å²) < 4.78 is 11.4. The first-order valence-electron chi connectivity index (χ1n) is 9.49. The van der Waals surface area contributed by atoms with Crippen molar-refractivity contribution >= 4 is 51.9 Å². The molecule has 0 radical (unpaired) electrons. The minimum absolute atomic E-state index is 0.0380. The van der Waals surface area contributed by atoms with Crippen molar-refractivity contribution in [2.45, 2.75) is 6.92 Å². The van der Waals surface area contributed by atoms with E-state index in [0.29, 0.717) is 16.4 Å². The molecule has 7 nitrogen and oxygen atoms in total. The number of ether oxygens (including phenoxy) is 1. The fourth-order valence-electron chi connectivity index (χ4n) is 3.20. The first kappa shape index (κ1) is 21.7. The molecule has 9 heteroatoms. The summed E-state index contributed by atoms with van der Waals surface area (Å²) >= 11 is 6.42. The molecular weight excluding hydrogens is 448 g/mol. The van der Waals surface area contributed by atoms with Gasteiger partial charge in [-0.2, -0.15) is 0 Å². The van der Waals surface area contributed by atoms with Gasteiger partial charge in [-0.1, -0.05) is 23.9 Å². The predicted molar refractivity (Wildman–Crippen MR) is 127 cm³/mol. The number of nitrogens with one attached hydrogen (secondary N) is 1. The normalized spacial score (nSPS) is 14.8. The number of thiocarbonyl (C=S) groups is 1. The van der Waals surface area contributed by atoms with E-state index >= 15 is 0 Å². The first-order chi connectivity index (χ1) is 15.4. The van der Waals surface area contributed by atoms with Gasteiger partial charge < -0.3 is 14.3 Å². The van der Waals surface area contributed by atoms with Crippen molar-refractivity contribution in [3.63, 3.8) is 0 Å². The van der Waals surface area contributed by atoms with Crippen molar-refractivity contribution < 1.29 is 23.8 Å². The van der Waals surface area contributed by atoms with Crippen molar-refractivity contribution in [3.8, 4) is 17.1 Å². The van der Waals surface area contributed by atoms with Gasteiger partial charge >= 0.3 is 5.97 Å². The average molecular weight is 467 g/mol. The van der Waals surface area contributed by atoms with Gasteiger partial charge in [0.25, 0.3) is 5.91 Å². The number of rotatable bonds is 6. The third kappa shape index (κ3) is 4.25. The van der Waals surface area contributed by atoms with Crippen LogP contribution in [-0.2, 0) is 4.79 Å². The van der Waals surface area contributed by atoms with E-state index in [1.807, 2.05) is 31.2 Å². The topological polar surface area (TPSA) is 92.0 Å². The van der Waals surface area contributed by atoms with E-state index in [-0.39, 0.29) is 15.6 Å². The lowest BCUT2D eigenvalue weighted by Crippen LogP contribution is -2.34. The second kappa shape index (κ2) is 8.89. The number of para-hydroxylation sites is 1. The van der Waals surface area contributed by atoms with Crippen LogP contribution < -0.4 is 10.2 Å². The van der Waals surface area contributed by atoms with Gasteiger partial charge in [0, 0.05) is 11.6 Å². The monoisotopic (exact) mass is 466 g/mol. The van der Waals surface area contributed by atoms with Gasteiger partial charge in [0.1, 0.15) is 17.3 Å². The molecule has 1 fully saturated rings. The molecule has 2 aromatic carbocycles. The number of thioether (sulfide) groups is 1. The summed E-state index contributed by atoms with van der Waals surface area (Å²) in [6, 6.07) is 15.6. The number of carboxylic acid groups (broad SMARTS) is 1. The quantitative estimate of drug-likeness (QED) is 0.379. The number of anilines is 1. The van der Waals surface area contributed by atoms with Gasteiger partial charge in [-0.05, 0) is 67.2 Å². The van der Waals surface area contributed by atoms with Gasteiger partial charge in [-0.15, -0.1) is 0 Å². The van der Waals surface area contributed by atoms with Crippen LogP contribution in [0, 0.1) is 6.92 Å². The van der Waals surface area contributed by atoms with Crippen LogP contribution in [0.1, 0.15) is 21.7 Å². The summed E-state index contributed by atoms with van der Waals surface area (Å²) in [6.45, 7) is 1.96. The fraction of sp³-hybridized carbons (Fsp3) is 0.0870. The van der Waals surface area contributed by atoms with Crippen LogP contribution >= 0.6 is 24.0 Å². The van der Waals surface area contributed by atoms with E-state index in [1.54, 1.807) is 37.5 Å². The molecule has 0 saturated carbocycles. The second-order valence-corrected chi connectivity index (χ2v) is 8.54. The number of carbonyl (C=O) groups excluding carboxylic acids is 1. The number of amides is 1. The molecule has 4 rings (SSSR count). The summed E-state index contributed by atoms with van der Waals surface area (Å²) in [4.78, 5) is 24.7. The summed E-state index contributed by atoms with van der Waals surface area (Å²) in [5.41, 5.74) is 5.04. The highest BCUT2D eigenvalue weighted by Gasteiger charge is 2.33. The van der Waals surface area contributed by atoms with Crippen molar-refractivity contribution in [3.05, 3.63) is 76.4 Å². The Morgan fingerprint density at radius 1 is 1.22 bits per heavy atom. The van der Waals surface area contributed by atoms with Crippen LogP contribution in [0.2, 0.25) is 0 Å². The number of benzene rings is 2. The molecule has 3 aromatic rings. The van der Waals surface area contributed by atoms with Gasteiger partial charge in [0.05, 0.1) is 23.3 Å². The Hall–Kier alpha value is -3.56. The Morgan fingerprint density at radius 3 is 2.72 bits per heavy atom. The van der Waals surface area contributed by atoms with Gasteiger partial charge in [-0.25, -0.2) is 9.80 Å². The largest absolute Gasteiger partial charge is 0.497 e. The second-order valence-electron chi connectivity index (χ2n) is 6.86. The molecule has 1 aromatic heterocycles. The Bertz CT molecular complexity index is 1260. The number of furan rings is 1. The number of aryl methyl sites for hydroxylation is 1. The van der Waals surface area contributed by atoms with Crippen molar-refractivity contribution in [2.75, 3.05) is 12.5 Å². The number of nitrogens with zero attached hydrogens (tertiary/aromatic N) is 1. The van der Waals surface area contributed by atoms with Crippen LogP contribution in [0.4, 0.5) is 5.69 Å². The number of hydrogen-bond donors (Lipinski definition) is 2. The molecule has 32 heavy (non-hydrogen) atoms. The highest BCUT2D eigenvalue weighted by molar-refractivity contribution is 8.26. The highest BCUT2D eigenvalue weighted by atomic mass is 32.2. The maximum atomic E-state index is 12.9. The number of hydrazine groups is 1. The number of hydrogen-bond acceptors (Lipinski definition) is 7. The minimum Gasteiger partial charge on any atom is -0.497 e. The standard InChI is InChI=1S/C23H18N2O5S2/c1-13-11-14(29-2)7-9-16(13)19-10-8-15(30-19)12-20-21(26)25(23(31)32-20)24-18-6-4-3-5-17(18)22(27)28/h3-12,24H,1-2H3,(H,27,28)/b20-12+. The summed E-state index contributed by atoms with van der Waals surface area (Å²) in [5, 5.41) is 10.5. The zero-order valence-electron chi connectivity index (χ0n) is 17.1. The molecule has 2 heterocycles. The molecule has 0 aliphatic carbocycles. The predicted octanol–water partition coefficient (Wildman–Crippen LogP) is 5.19. The van der Waals surface area contributed by atoms with E-state index in [4.69, 9.17) is 21.4 Å². The lowest BCUT2D eigenvalue weighted by Gasteiger charge is -2.18. The van der Waals surface area contributed by atoms with E-state index < -0.39 is 11.9 Å². The number of carboxylic acids is 1. The lowest BCUT2D eigenvalue weighted by molar-refractivity contribution is -0.121. The Balaban J connectivity index is 1.56. The van der Waals surface area contributed by atoms with Crippen molar-refractivity contribution in [1.82, 2.24) is 5.01 Å². The number of carbonyl (C=O) groups is 2. The summed E-state index contributed by atoms with van der Waals surface area (Å²) in [6.07, 6.45) is 1.62. The SMILES string of the molecule is COc1ccc(-c2ccc(/C=C3/SC(=S)N(Nc4ccccc4C(=O)O)C3=O)o2)c(C)c1. The van der Waals surface area contributed by atoms with Crippen LogP contribution in [0.15, 0.2) is 63.9 Å². The molecule has 0 spiro atoms. The fourth-order valence-corrected chi connectivity index (χ4v) is 4.36. The van der Waals surface area contributed by atoms with Crippen LogP contribution in [0.5, 0.6) is 5.75 Å². The van der Waals surface area contributed by atoms with E-state index in [0.717, 1.165) is 33.6 Å². The molecule has 1 amide bonds. The van der Waals surface area contributed by atoms with Gasteiger partial charge in [0.2, 0.25) is 0 Å². The molecule has 0 atom stereocenters. The Labute approximate surface area is 193 Å². The third-order valence-corrected chi connectivity index (χ3v) is 6.08. The van der Waals surface area contributed by atoms with Gasteiger partial charge in [-0.3, -0.25) is 10.2 Å². The lowest BCUT2D eigenvalue weighted by atomic mass is 10.1. The number of aromatic carboxylic acids is 1. The molecular formula is C23H18N2O5S2. The zero-order chi connectivity index (χ0) is 22.8. The maximum absolute atomic E-state index is 12.9. The molecule has 1 aliphatic heterocycles. The molecule has 2 N–H and O–H groups in total. The van der Waals surface area contributed by atoms with Crippen LogP contribution in [-0.4, -0.2) is 33.4 Å². The smallest absolute Gasteiger partial charge is 0.337 e. The van der Waals surface area contributed by atoms with E-state index in [1.165, 1.54) is 6.07 Å². The third-order valence-electron chi connectivity index (χ3n) is 4.78. The molecule has 0 unspecified atom stereocenters. The van der Waals surface area contributed by atoms with Crippen LogP contribution in [0.25, 0.3) is 17.4 Å². The highest BCUT2D eigenvalue weighted by Crippen LogP contribution is 2.35. The van der Waals surface area contributed by atoms with E-state index in [9.17, 15) is 14.7 Å². The first-order valence-corrected chi connectivity index (χ1v) is 10.7. The maximum Gasteiger partial charge on any atom is 0.337 e. The summed E-state index contributed by atoms with van der Waals surface area (Å²) in [5.74, 6) is 0.436. The van der Waals surface area contributed by atoms with Crippen molar-refractivity contribution in [1.29, 1.82) is 0 Å². The zero-order valence-corrected chi connectivity index (χ0v) is 18.8. The average Bonchev–Trinajstić information content (AvgIpc) is 3.34. The molecule has 0 bridgehead atoms. The minimum atomic E-state index is -1.11. The van der Waals surface area contributed by atoms with Crippen molar-refractivity contribution in [2.24, 2.45) is 0 Å². The molecule has 1 aliphatic rings. The summed E-state index contributed by atoms with van der Waals surface area (Å²) in [7, 11) is 1.62. The molecule has 1 saturated heterocycles. The van der Waals surface area contributed by atoms with Crippen LogP contribution in [0.3, 0.4) is 0 Å².